The molecule has 0 bridgehead atoms. The van der Waals surface area contributed by atoms with Gasteiger partial charge in [0.1, 0.15) is 5.75 Å². The molecule has 0 saturated heterocycles. The lowest BCUT2D eigenvalue weighted by Gasteiger charge is -2.35. The molecule has 2 atom stereocenters. The highest BCUT2D eigenvalue weighted by Gasteiger charge is 2.32. The van der Waals surface area contributed by atoms with Gasteiger partial charge in [-0.3, -0.25) is 11.3 Å². The first kappa shape index (κ1) is 16.0. The summed E-state index contributed by atoms with van der Waals surface area (Å²) in [6.07, 6.45) is 0.776. The Hall–Kier alpha value is -1.10. The average molecular weight is 266 g/mol. The van der Waals surface area contributed by atoms with Gasteiger partial charge in [-0.15, -0.1) is 0 Å². The summed E-state index contributed by atoms with van der Waals surface area (Å²) in [6, 6.07) is 8.01. The van der Waals surface area contributed by atoms with Crippen molar-refractivity contribution in [1.82, 2.24) is 5.43 Å². The molecule has 2 unspecified atom stereocenters. The van der Waals surface area contributed by atoms with Gasteiger partial charge in [0.05, 0.1) is 19.3 Å². The van der Waals surface area contributed by atoms with Crippen LogP contribution in [0.3, 0.4) is 0 Å². The van der Waals surface area contributed by atoms with Gasteiger partial charge in [-0.05, 0) is 23.5 Å². The van der Waals surface area contributed by atoms with Crippen LogP contribution in [-0.4, -0.2) is 26.4 Å². The fourth-order valence-electron chi connectivity index (χ4n) is 2.48. The second-order valence-electron chi connectivity index (χ2n) is 5.81. The highest BCUT2D eigenvalue weighted by molar-refractivity contribution is 5.34. The third-order valence-electron chi connectivity index (χ3n) is 3.32. The number of hydrogen-bond donors (Lipinski definition) is 2. The summed E-state index contributed by atoms with van der Waals surface area (Å²) < 4.78 is 11.0. The van der Waals surface area contributed by atoms with E-state index in [1.807, 2.05) is 18.2 Å². The Kier molecular flexibility index (Phi) is 5.79. The first-order valence-corrected chi connectivity index (χ1v) is 6.54. The summed E-state index contributed by atoms with van der Waals surface area (Å²) >= 11 is 0. The van der Waals surface area contributed by atoms with Crippen molar-refractivity contribution in [3.63, 3.8) is 0 Å². The smallest absolute Gasteiger partial charge is 0.122 e. The molecule has 0 spiro atoms. The molecule has 0 fully saturated rings. The molecule has 4 heteroatoms. The Morgan fingerprint density at radius 2 is 1.84 bits per heavy atom. The highest BCUT2D eigenvalue weighted by atomic mass is 16.5. The van der Waals surface area contributed by atoms with E-state index in [1.165, 1.54) is 0 Å². The molecular weight excluding hydrogens is 240 g/mol. The van der Waals surface area contributed by atoms with Gasteiger partial charge in [0, 0.05) is 7.11 Å². The van der Waals surface area contributed by atoms with Crippen LogP contribution in [0.1, 0.15) is 26.3 Å². The molecule has 0 aliphatic rings. The maximum Gasteiger partial charge on any atom is 0.122 e. The normalized spacial score (nSPS) is 15.1. The van der Waals surface area contributed by atoms with Crippen LogP contribution in [0.15, 0.2) is 24.3 Å². The fraction of sp³-hybridized carbons (Fsp3) is 0.600. The number of nitrogens with one attached hydrogen (secondary N) is 1. The van der Waals surface area contributed by atoms with Crippen LogP contribution in [0.2, 0.25) is 0 Å². The minimum atomic E-state index is 0.00774. The maximum atomic E-state index is 5.71. The van der Waals surface area contributed by atoms with Crippen molar-refractivity contribution in [2.75, 3.05) is 14.2 Å². The van der Waals surface area contributed by atoms with Gasteiger partial charge in [-0.25, -0.2) is 0 Å². The summed E-state index contributed by atoms with van der Waals surface area (Å²) in [5.74, 6) is 6.60. The van der Waals surface area contributed by atoms with Gasteiger partial charge in [0.25, 0.3) is 0 Å². The van der Waals surface area contributed by atoms with E-state index in [4.69, 9.17) is 15.3 Å². The standard InChI is InChI=1S/C15H26N2O2/c1-15(2,3)14(19-5)12(17-16)10-11-8-6-7-9-13(11)18-4/h6-9,12,14,17H,10,16H2,1-5H3. The molecule has 0 aliphatic carbocycles. The molecule has 1 aromatic rings. The molecule has 19 heavy (non-hydrogen) atoms. The van der Waals surface area contributed by atoms with Crippen molar-refractivity contribution < 1.29 is 9.47 Å². The van der Waals surface area contributed by atoms with Crippen LogP contribution in [0.5, 0.6) is 5.75 Å². The lowest BCUT2D eigenvalue weighted by Crippen LogP contribution is -2.51. The zero-order chi connectivity index (χ0) is 14.5. The quantitative estimate of drug-likeness (QED) is 0.612. The Morgan fingerprint density at radius 3 is 2.32 bits per heavy atom. The van der Waals surface area contributed by atoms with Gasteiger partial charge < -0.3 is 9.47 Å². The lowest BCUT2D eigenvalue weighted by molar-refractivity contribution is -0.0111. The zero-order valence-corrected chi connectivity index (χ0v) is 12.6. The van der Waals surface area contributed by atoms with Crippen LogP contribution in [0, 0.1) is 5.41 Å². The summed E-state index contributed by atoms with van der Waals surface area (Å²) in [7, 11) is 3.41. The first-order valence-electron chi connectivity index (χ1n) is 6.54. The molecule has 108 valence electrons. The fourth-order valence-corrected chi connectivity index (χ4v) is 2.48. The van der Waals surface area contributed by atoms with E-state index >= 15 is 0 Å². The van der Waals surface area contributed by atoms with Crippen molar-refractivity contribution in [2.45, 2.75) is 39.3 Å². The van der Waals surface area contributed by atoms with Gasteiger partial charge in [0.2, 0.25) is 0 Å². The van der Waals surface area contributed by atoms with E-state index in [-0.39, 0.29) is 17.6 Å². The Bertz CT molecular complexity index is 388. The van der Waals surface area contributed by atoms with Gasteiger partial charge in [-0.1, -0.05) is 39.0 Å². The predicted octanol–water partition coefficient (Wildman–Crippen LogP) is 2.13. The molecule has 0 aromatic heterocycles. The van der Waals surface area contributed by atoms with Gasteiger partial charge >= 0.3 is 0 Å². The number of benzene rings is 1. The van der Waals surface area contributed by atoms with Crippen LogP contribution in [-0.2, 0) is 11.2 Å². The molecule has 4 nitrogen and oxygen atoms in total. The van der Waals surface area contributed by atoms with Crippen molar-refractivity contribution in [3.05, 3.63) is 29.8 Å². The molecule has 1 rings (SSSR count). The van der Waals surface area contributed by atoms with E-state index < -0.39 is 0 Å². The first-order chi connectivity index (χ1) is 8.93. The van der Waals surface area contributed by atoms with Crippen LogP contribution >= 0.6 is 0 Å². The lowest BCUT2D eigenvalue weighted by atomic mass is 9.82. The van der Waals surface area contributed by atoms with E-state index in [0.717, 1.165) is 17.7 Å². The number of para-hydroxylation sites is 1. The van der Waals surface area contributed by atoms with Crippen molar-refractivity contribution in [1.29, 1.82) is 0 Å². The van der Waals surface area contributed by atoms with Gasteiger partial charge in [0.15, 0.2) is 0 Å². The molecule has 3 N–H and O–H groups in total. The molecule has 0 radical (unpaired) electrons. The minimum Gasteiger partial charge on any atom is -0.496 e. The Morgan fingerprint density at radius 1 is 1.21 bits per heavy atom. The number of ether oxygens (including phenoxy) is 2. The molecular formula is C15H26N2O2. The second kappa shape index (κ2) is 6.89. The highest BCUT2D eigenvalue weighted by Crippen LogP contribution is 2.28. The van der Waals surface area contributed by atoms with Crippen molar-refractivity contribution in [2.24, 2.45) is 11.3 Å². The summed E-state index contributed by atoms with van der Waals surface area (Å²) in [5.41, 5.74) is 4.01. The number of hydrazine groups is 1. The second-order valence-corrected chi connectivity index (χ2v) is 5.81. The van der Waals surface area contributed by atoms with E-state index in [2.05, 4.69) is 32.3 Å². The summed E-state index contributed by atoms with van der Waals surface area (Å²) in [5, 5.41) is 0. The zero-order valence-electron chi connectivity index (χ0n) is 12.6. The van der Waals surface area contributed by atoms with Crippen LogP contribution < -0.4 is 16.0 Å². The molecule has 0 amide bonds. The molecule has 1 aromatic carbocycles. The van der Waals surface area contributed by atoms with Gasteiger partial charge in [-0.2, -0.15) is 0 Å². The monoisotopic (exact) mass is 266 g/mol. The molecule has 0 saturated carbocycles. The third kappa shape index (κ3) is 4.20. The van der Waals surface area contributed by atoms with Crippen molar-refractivity contribution in [3.8, 4) is 5.75 Å². The maximum absolute atomic E-state index is 5.71. The molecule has 0 heterocycles. The number of rotatable bonds is 6. The SMILES string of the molecule is COc1ccccc1CC(NN)C(OC)C(C)(C)C. The molecule has 0 aliphatic heterocycles. The summed E-state index contributed by atoms with van der Waals surface area (Å²) in [6.45, 7) is 6.44. The number of hydrogen-bond acceptors (Lipinski definition) is 4. The average Bonchev–Trinajstić information content (AvgIpc) is 2.37. The topological polar surface area (TPSA) is 56.5 Å². The van der Waals surface area contributed by atoms with E-state index in [9.17, 15) is 0 Å². The van der Waals surface area contributed by atoms with Crippen molar-refractivity contribution >= 4 is 0 Å². The van der Waals surface area contributed by atoms with Crippen LogP contribution in [0.4, 0.5) is 0 Å². The Labute approximate surface area is 116 Å². The Balaban J connectivity index is 2.92. The number of nitrogens with two attached hydrogens (primary N) is 1. The number of methoxy groups -OCH3 is 2. The largest absolute Gasteiger partial charge is 0.496 e. The van der Waals surface area contributed by atoms with E-state index in [0.29, 0.717) is 0 Å². The third-order valence-corrected chi connectivity index (χ3v) is 3.32. The van der Waals surface area contributed by atoms with Crippen LogP contribution in [0.25, 0.3) is 0 Å². The van der Waals surface area contributed by atoms with E-state index in [1.54, 1.807) is 14.2 Å². The summed E-state index contributed by atoms with van der Waals surface area (Å²) in [4.78, 5) is 0. The minimum absolute atomic E-state index is 0.00774. The predicted molar refractivity (Wildman–Crippen MR) is 78.1 cm³/mol.